The lowest BCUT2D eigenvalue weighted by atomic mass is 10.1. The summed E-state index contributed by atoms with van der Waals surface area (Å²) in [5.74, 6) is 0.812. The van der Waals surface area contributed by atoms with Crippen LogP contribution in [-0.2, 0) is 0 Å². The molecule has 3 N–H and O–H groups in total. The zero-order chi connectivity index (χ0) is 24.1. The van der Waals surface area contributed by atoms with Crippen molar-refractivity contribution in [3.05, 3.63) is 37.1 Å². The standard InChI is InChI=1S/C11H15BrClN3.C7H15N.C4HBrCl2N2/c12-9-7-14-11(13)16-10(9)15-8-5-3-1-2-4-6-8;8-7-5-3-1-2-4-6-7;5-2-1-8-4(7)9-3(2)6/h7-8H,1-6H2,(H,14,15,16);7H,1-6,8H2;1H. The normalized spacial score (nSPS) is 17.5. The lowest BCUT2D eigenvalue weighted by Crippen LogP contribution is -2.19. The number of hydrogen-bond donors (Lipinski definition) is 2. The van der Waals surface area contributed by atoms with Crippen molar-refractivity contribution in [3.63, 3.8) is 0 Å². The molecule has 2 aromatic rings. The number of nitrogens with one attached hydrogen (secondary N) is 1. The maximum atomic E-state index is 5.78. The van der Waals surface area contributed by atoms with Gasteiger partial charge in [0.05, 0.1) is 8.95 Å². The van der Waals surface area contributed by atoms with Gasteiger partial charge in [-0.1, -0.05) is 63.0 Å². The Balaban J connectivity index is 0.000000192. The van der Waals surface area contributed by atoms with E-state index in [2.05, 4.69) is 57.1 Å². The highest BCUT2D eigenvalue weighted by Gasteiger charge is 2.14. The predicted octanol–water partition coefficient (Wildman–Crippen LogP) is 8.24. The number of halogens is 5. The van der Waals surface area contributed by atoms with E-state index in [1.807, 2.05) is 0 Å². The van der Waals surface area contributed by atoms with Crippen molar-refractivity contribution in [2.45, 2.75) is 89.1 Å². The van der Waals surface area contributed by atoms with Crippen molar-refractivity contribution >= 4 is 72.5 Å². The molecule has 2 aromatic heterocycles. The molecule has 0 saturated heterocycles. The Morgan fingerprint density at radius 3 is 1.73 bits per heavy atom. The summed E-state index contributed by atoms with van der Waals surface area (Å²) >= 11 is 23.2. The van der Waals surface area contributed by atoms with Crippen LogP contribution in [0.15, 0.2) is 21.3 Å². The molecule has 0 unspecified atom stereocenters. The fourth-order valence-corrected chi connectivity index (χ4v) is 4.64. The smallest absolute Gasteiger partial charge is 0.224 e. The summed E-state index contributed by atoms with van der Waals surface area (Å²) in [6.45, 7) is 0. The monoisotopic (exact) mass is 642 g/mol. The quantitative estimate of drug-likeness (QED) is 0.194. The van der Waals surface area contributed by atoms with E-state index in [1.54, 1.807) is 6.20 Å². The fraction of sp³-hybridized carbons (Fsp3) is 0.636. The first-order valence-corrected chi connectivity index (χ1v) is 14.1. The molecule has 0 aliphatic heterocycles. The van der Waals surface area contributed by atoms with E-state index in [1.165, 1.54) is 83.2 Å². The van der Waals surface area contributed by atoms with Crippen molar-refractivity contribution in [2.75, 3.05) is 5.32 Å². The summed E-state index contributed by atoms with van der Waals surface area (Å²) in [6, 6.07) is 1.04. The average Bonchev–Trinajstić information content (AvgIpc) is 3.19. The van der Waals surface area contributed by atoms with Gasteiger partial charge in [-0.25, -0.2) is 15.0 Å². The van der Waals surface area contributed by atoms with Gasteiger partial charge in [-0.2, -0.15) is 4.98 Å². The summed E-state index contributed by atoms with van der Waals surface area (Å²) in [5.41, 5.74) is 5.73. The number of aromatic nitrogens is 4. The summed E-state index contributed by atoms with van der Waals surface area (Å²) < 4.78 is 1.52. The molecule has 2 aliphatic carbocycles. The third kappa shape index (κ3) is 12.3. The molecule has 184 valence electrons. The highest BCUT2D eigenvalue weighted by Crippen LogP contribution is 2.25. The second-order valence-corrected chi connectivity index (χ2v) is 10.9. The maximum absolute atomic E-state index is 5.78. The van der Waals surface area contributed by atoms with Crippen LogP contribution in [0.5, 0.6) is 0 Å². The van der Waals surface area contributed by atoms with Gasteiger partial charge in [0.25, 0.3) is 0 Å². The number of hydrogen-bond acceptors (Lipinski definition) is 6. The maximum Gasteiger partial charge on any atom is 0.224 e. The van der Waals surface area contributed by atoms with Gasteiger partial charge in [0, 0.05) is 24.5 Å². The average molecular weight is 646 g/mol. The minimum atomic E-state index is 0.156. The number of anilines is 1. The number of nitrogens with zero attached hydrogens (tertiary/aromatic N) is 4. The van der Waals surface area contributed by atoms with Gasteiger partial charge in [-0.05, 0) is 80.7 Å². The molecule has 11 heteroatoms. The van der Waals surface area contributed by atoms with Crippen LogP contribution in [0.1, 0.15) is 77.0 Å². The SMILES string of the molecule is Clc1ncc(Br)c(Cl)n1.Clc1ncc(Br)c(NC2CCCCCC2)n1.NC1CCCCCC1. The van der Waals surface area contributed by atoms with Gasteiger partial charge in [0.1, 0.15) is 11.0 Å². The zero-order valence-electron chi connectivity index (χ0n) is 18.6. The van der Waals surface area contributed by atoms with Crippen molar-refractivity contribution < 1.29 is 0 Å². The Kier molecular flexibility index (Phi) is 14.4. The van der Waals surface area contributed by atoms with Crippen LogP contribution >= 0.6 is 66.7 Å². The van der Waals surface area contributed by atoms with E-state index < -0.39 is 0 Å². The van der Waals surface area contributed by atoms with E-state index in [0.29, 0.717) is 27.0 Å². The topological polar surface area (TPSA) is 89.6 Å². The number of rotatable bonds is 2. The Morgan fingerprint density at radius 2 is 1.21 bits per heavy atom. The zero-order valence-corrected chi connectivity index (χ0v) is 24.0. The molecule has 2 fully saturated rings. The first-order valence-electron chi connectivity index (χ1n) is 11.4. The Bertz CT molecular complexity index is 830. The van der Waals surface area contributed by atoms with Crippen molar-refractivity contribution in [1.29, 1.82) is 0 Å². The van der Waals surface area contributed by atoms with Crippen molar-refractivity contribution in [1.82, 2.24) is 19.9 Å². The van der Waals surface area contributed by atoms with Crippen LogP contribution in [0, 0.1) is 0 Å². The summed E-state index contributed by atoms with van der Waals surface area (Å²) in [4.78, 5) is 15.4. The summed E-state index contributed by atoms with van der Waals surface area (Å²) in [7, 11) is 0. The molecule has 0 spiro atoms. The lowest BCUT2D eigenvalue weighted by Gasteiger charge is -2.17. The van der Waals surface area contributed by atoms with Crippen molar-refractivity contribution in [3.8, 4) is 0 Å². The lowest BCUT2D eigenvalue weighted by molar-refractivity contribution is 0.583. The molecule has 4 rings (SSSR count). The first-order chi connectivity index (χ1) is 15.8. The molecule has 0 bridgehead atoms. The van der Waals surface area contributed by atoms with Gasteiger partial charge in [0.2, 0.25) is 10.6 Å². The van der Waals surface area contributed by atoms with Crippen LogP contribution in [0.2, 0.25) is 15.7 Å². The van der Waals surface area contributed by atoms with E-state index in [0.717, 1.165) is 10.3 Å². The molecule has 2 aliphatic rings. The molecular weight excluding hydrogens is 614 g/mol. The molecule has 6 nitrogen and oxygen atoms in total. The molecular formula is C22H31Br2Cl3N6. The van der Waals surface area contributed by atoms with Crippen molar-refractivity contribution in [2.24, 2.45) is 5.73 Å². The minimum absolute atomic E-state index is 0.156. The second kappa shape index (κ2) is 16.4. The van der Waals surface area contributed by atoms with Crippen LogP contribution in [-0.4, -0.2) is 32.0 Å². The first kappa shape index (κ1) is 29.0. The Labute approximate surface area is 228 Å². The van der Waals surface area contributed by atoms with Gasteiger partial charge in [0.15, 0.2) is 0 Å². The van der Waals surface area contributed by atoms with Gasteiger partial charge < -0.3 is 11.1 Å². The number of nitrogens with two attached hydrogens (primary N) is 1. The molecule has 0 amide bonds. The fourth-order valence-electron chi connectivity index (χ4n) is 3.70. The third-order valence-electron chi connectivity index (χ3n) is 5.48. The Hall–Kier alpha value is -0.250. The minimum Gasteiger partial charge on any atom is -0.366 e. The van der Waals surface area contributed by atoms with Crippen LogP contribution in [0.4, 0.5) is 5.82 Å². The predicted molar refractivity (Wildman–Crippen MR) is 145 cm³/mol. The molecule has 0 aromatic carbocycles. The molecule has 2 saturated carbocycles. The molecule has 33 heavy (non-hydrogen) atoms. The molecule has 2 heterocycles. The van der Waals surface area contributed by atoms with Gasteiger partial charge in [-0.3, -0.25) is 0 Å². The van der Waals surface area contributed by atoms with E-state index in [-0.39, 0.29) is 5.28 Å². The highest BCUT2D eigenvalue weighted by atomic mass is 79.9. The third-order valence-corrected chi connectivity index (χ3v) is 7.52. The summed E-state index contributed by atoms with van der Waals surface area (Å²) in [6.07, 6.45) is 19.0. The Morgan fingerprint density at radius 1 is 0.727 bits per heavy atom. The summed E-state index contributed by atoms with van der Waals surface area (Å²) in [5, 5.41) is 4.22. The highest BCUT2D eigenvalue weighted by molar-refractivity contribution is 9.11. The molecule has 0 radical (unpaired) electrons. The van der Waals surface area contributed by atoms with E-state index >= 15 is 0 Å². The second-order valence-electron chi connectivity index (χ2n) is 8.20. The van der Waals surface area contributed by atoms with E-state index in [9.17, 15) is 0 Å². The van der Waals surface area contributed by atoms with Crippen LogP contribution < -0.4 is 11.1 Å². The van der Waals surface area contributed by atoms with Crippen LogP contribution in [0.3, 0.4) is 0 Å². The van der Waals surface area contributed by atoms with Gasteiger partial charge in [-0.15, -0.1) is 0 Å². The molecule has 0 atom stereocenters. The largest absolute Gasteiger partial charge is 0.366 e. The van der Waals surface area contributed by atoms with Gasteiger partial charge >= 0.3 is 0 Å². The van der Waals surface area contributed by atoms with E-state index in [4.69, 9.17) is 40.5 Å². The van der Waals surface area contributed by atoms with Crippen LogP contribution in [0.25, 0.3) is 0 Å².